The van der Waals surface area contributed by atoms with Gasteiger partial charge in [-0.2, -0.15) is 0 Å². The van der Waals surface area contributed by atoms with E-state index in [1.807, 2.05) is 53.1 Å². The number of aldehydes is 1. The molecule has 0 bridgehead atoms. The highest BCUT2D eigenvalue weighted by Gasteiger charge is 2.35. The number of halogens is 1. The van der Waals surface area contributed by atoms with Crippen LogP contribution in [0.1, 0.15) is 11.6 Å². The van der Waals surface area contributed by atoms with Gasteiger partial charge in [-0.25, -0.2) is 9.98 Å². The Bertz CT molecular complexity index is 947. The van der Waals surface area contributed by atoms with Crippen LogP contribution in [-0.4, -0.2) is 28.1 Å². The number of rotatable bonds is 3. The molecule has 1 aromatic heterocycles. The number of hydrogen-bond donors (Lipinski definition) is 0. The van der Waals surface area contributed by atoms with Gasteiger partial charge in [-0.1, -0.05) is 35.9 Å². The first-order chi connectivity index (χ1) is 11.7. The summed E-state index contributed by atoms with van der Waals surface area (Å²) in [5.74, 6) is 0.720. The number of ether oxygens (including phenoxy) is 1. The predicted octanol–water partition coefficient (Wildman–Crippen LogP) is 3.73. The van der Waals surface area contributed by atoms with E-state index in [1.54, 1.807) is 7.11 Å². The number of fused-ring (bicyclic) bond motifs is 3. The van der Waals surface area contributed by atoms with Gasteiger partial charge in [-0.15, -0.1) is 0 Å². The molecule has 3 aromatic rings. The van der Waals surface area contributed by atoms with E-state index in [-0.39, 0.29) is 11.2 Å². The van der Waals surface area contributed by atoms with Gasteiger partial charge >= 0.3 is 0 Å². The molecular weight excluding hydrogens is 326 g/mol. The molecule has 2 aromatic carbocycles. The number of nitrogens with zero attached hydrogens (tertiary/aromatic N) is 3. The van der Waals surface area contributed by atoms with Crippen molar-refractivity contribution in [3.63, 3.8) is 0 Å². The molecule has 120 valence electrons. The first-order valence-corrected chi connectivity index (χ1v) is 7.91. The van der Waals surface area contributed by atoms with Crippen LogP contribution in [0.5, 0.6) is 5.75 Å². The monoisotopic (exact) mass is 339 g/mol. The molecule has 0 saturated carbocycles. The van der Waals surface area contributed by atoms with Crippen LogP contribution in [-0.2, 0) is 4.79 Å². The van der Waals surface area contributed by atoms with E-state index in [0.29, 0.717) is 5.95 Å². The minimum absolute atomic E-state index is 0.258. The van der Waals surface area contributed by atoms with Crippen LogP contribution in [0.2, 0.25) is 0 Å². The Labute approximate surface area is 143 Å². The maximum Gasteiger partial charge on any atom is 0.232 e. The third-order valence-electron chi connectivity index (χ3n) is 4.28. The van der Waals surface area contributed by atoms with Crippen molar-refractivity contribution in [3.05, 3.63) is 54.1 Å². The molecule has 2 heterocycles. The van der Waals surface area contributed by atoms with E-state index < -0.39 is 5.92 Å². The highest BCUT2D eigenvalue weighted by molar-refractivity contribution is 6.67. The lowest BCUT2D eigenvalue weighted by Gasteiger charge is -2.28. The molecule has 0 aliphatic carbocycles. The van der Waals surface area contributed by atoms with E-state index in [2.05, 4.69) is 9.98 Å². The number of carbonyl (C=O) groups is 1. The van der Waals surface area contributed by atoms with Crippen LogP contribution in [0, 0.1) is 5.92 Å². The van der Waals surface area contributed by atoms with Gasteiger partial charge in [0, 0.05) is 0 Å². The Kier molecular flexibility index (Phi) is 3.58. The Morgan fingerprint density at radius 3 is 2.62 bits per heavy atom. The van der Waals surface area contributed by atoms with Crippen molar-refractivity contribution in [1.29, 1.82) is 0 Å². The Morgan fingerprint density at radius 1 is 1.17 bits per heavy atom. The fraction of sp³-hybridized carbons (Fsp3) is 0.167. The smallest absolute Gasteiger partial charge is 0.232 e. The fourth-order valence-electron chi connectivity index (χ4n) is 3.13. The average Bonchev–Trinajstić information content (AvgIpc) is 2.98. The molecule has 6 heteroatoms. The molecule has 0 amide bonds. The van der Waals surface area contributed by atoms with Gasteiger partial charge in [0.1, 0.15) is 17.2 Å². The predicted molar refractivity (Wildman–Crippen MR) is 93.4 cm³/mol. The molecule has 2 unspecified atom stereocenters. The van der Waals surface area contributed by atoms with Gasteiger partial charge in [-0.3, -0.25) is 4.57 Å². The normalized spacial score (nSPS) is 19.7. The van der Waals surface area contributed by atoms with Gasteiger partial charge < -0.3 is 9.53 Å². The summed E-state index contributed by atoms with van der Waals surface area (Å²) < 4.78 is 7.19. The summed E-state index contributed by atoms with van der Waals surface area (Å²) in [7, 11) is 1.62. The summed E-state index contributed by atoms with van der Waals surface area (Å²) in [5, 5.41) is 0.258. The number of aromatic nitrogens is 2. The van der Waals surface area contributed by atoms with E-state index in [4.69, 9.17) is 16.3 Å². The number of imidazole rings is 1. The van der Waals surface area contributed by atoms with Crippen molar-refractivity contribution in [2.45, 2.75) is 6.04 Å². The van der Waals surface area contributed by atoms with Crippen LogP contribution < -0.4 is 4.74 Å². The molecular formula is C18H14ClN3O2. The SMILES string of the molecule is COc1ccc(C2C(C=O)C(Cl)=Nc3nc4ccccc4n32)cc1. The summed E-state index contributed by atoms with van der Waals surface area (Å²) in [4.78, 5) is 20.6. The third-order valence-corrected chi connectivity index (χ3v) is 4.62. The van der Waals surface area contributed by atoms with Crippen LogP contribution in [0.4, 0.5) is 5.95 Å². The Hall–Kier alpha value is -2.66. The molecule has 0 radical (unpaired) electrons. The Balaban J connectivity index is 1.96. The van der Waals surface area contributed by atoms with E-state index in [0.717, 1.165) is 28.6 Å². The van der Waals surface area contributed by atoms with Crippen LogP contribution >= 0.6 is 11.6 Å². The number of para-hydroxylation sites is 2. The van der Waals surface area contributed by atoms with Crippen LogP contribution in [0.25, 0.3) is 11.0 Å². The third kappa shape index (κ3) is 2.20. The van der Waals surface area contributed by atoms with Crippen molar-refractivity contribution in [1.82, 2.24) is 9.55 Å². The second-order valence-corrected chi connectivity index (χ2v) is 5.97. The standard InChI is InChI=1S/C18H14ClN3O2/c1-24-12-8-6-11(7-9-12)16-13(10-23)17(19)21-18-20-14-4-2-3-5-15(14)22(16)18/h2-10,13,16H,1H3. The minimum atomic E-state index is -0.551. The van der Waals surface area contributed by atoms with Crippen molar-refractivity contribution >= 4 is 40.0 Å². The fourth-order valence-corrected chi connectivity index (χ4v) is 3.38. The zero-order chi connectivity index (χ0) is 16.7. The summed E-state index contributed by atoms with van der Waals surface area (Å²) in [6.45, 7) is 0. The minimum Gasteiger partial charge on any atom is -0.497 e. The lowest BCUT2D eigenvalue weighted by Crippen LogP contribution is -2.29. The first kappa shape index (κ1) is 14.9. The molecule has 4 rings (SSSR count). The summed E-state index contributed by atoms with van der Waals surface area (Å²) in [5.41, 5.74) is 2.70. The van der Waals surface area contributed by atoms with Crippen molar-refractivity contribution in [3.8, 4) is 5.75 Å². The largest absolute Gasteiger partial charge is 0.497 e. The van der Waals surface area contributed by atoms with E-state index >= 15 is 0 Å². The summed E-state index contributed by atoms with van der Waals surface area (Å²) in [6.07, 6.45) is 0.846. The van der Waals surface area contributed by atoms with Gasteiger partial charge in [0.25, 0.3) is 0 Å². The van der Waals surface area contributed by atoms with Gasteiger partial charge in [0.15, 0.2) is 0 Å². The van der Waals surface area contributed by atoms with E-state index in [9.17, 15) is 4.79 Å². The molecule has 0 N–H and O–H groups in total. The zero-order valence-corrected chi connectivity index (χ0v) is 13.6. The molecule has 0 saturated heterocycles. The van der Waals surface area contributed by atoms with Crippen LogP contribution in [0.3, 0.4) is 0 Å². The number of hydrogen-bond acceptors (Lipinski definition) is 4. The molecule has 5 nitrogen and oxygen atoms in total. The molecule has 1 aliphatic heterocycles. The molecule has 24 heavy (non-hydrogen) atoms. The second-order valence-electron chi connectivity index (χ2n) is 5.58. The highest BCUT2D eigenvalue weighted by Crippen LogP contribution is 2.39. The van der Waals surface area contributed by atoms with Crippen LogP contribution in [0.15, 0.2) is 53.5 Å². The molecule has 2 atom stereocenters. The maximum absolute atomic E-state index is 11.7. The summed E-state index contributed by atoms with van der Waals surface area (Å²) >= 11 is 6.28. The van der Waals surface area contributed by atoms with Gasteiger partial charge in [-0.05, 0) is 29.8 Å². The molecule has 0 spiro atoms. The van der Waals surface area contributed by atoms with E-state index in [1.165, 1.54) is 0 Å². The molecule has 0 fully saturated rings. The second kappa shape index (κ2) is 5.76. The lowest BCUT2D eigenvalue weighted by atomic mass is 9.93. The quantitative estimate of drug-likeness (QED) is 0.683. The topological polar surface area (TPSA) is 56.5 Å². The van der Waals surface area contributed by atoms with Gasteiger partial charge in [0.2, 0.25) is 5.95 Å². The number of benzene rings is 2. The number of carbonyl (C=O) groups excluding carboxylic acids is 1. The first-order valence-electron chi connectivity index (χ1n) is 7.53. The average molecular weight is 340 g/mol. The highest BCUT2D eigenvalue weighted by atomic mass is 35.5. The molecule has 1 aliphatic rings. The summed E-state index contributed by atoms with van der Waals surface area (Å²) in [6, 6.07) is 15.1. The number of methoxy groups -OCH3 is 1. The zero-order valence-electron chi connectivity index (χ0n) is 12.9. The van der Waals surface area contributed by atoms with Gasteiger partial charge in [0.05, 0.1) is 30.1 Å². The lowest BCUT2D eigenvalue weighted by molar-refractivity contribution is -0.110. The Morgan fingerprint density at radius 2 is 1.92 bits per heavy atom. The maximum atomic E-state index is 11.7. The van der Waals surface area contributed by atoms with Crippen molar-refractivity contribution < 1.29 is 9.53 Å². The van der Waals surface area contributed by atoms with Crippen molar-refractivity contribution in [2.24, 2.45) is 10.9 Å². The van der Waals surface area contributed by atoms with Crippen molar-refractivity contribution in [2.75, 3.05) is 7.11 Å². The number of aliphatic imine (C=N–C) groups is 1.